The van der Waals surface area contributed by atoms with E-state index in [9.17, 15) is 4.89 Å². The molecule has 1 atom stereocenters. The van der Waals surface area contributed by atoms with Crippen LogP contribution >= 0.6 is 16.9 Å². The van der Waals surface area contributed by atoms with Gasteiger partial charge in [-0.3, -0.25) is 0 Å². The smallest absolute Gasteiger partial charge is 0.178 e. The number of benzene rings is 1. The summed E-state index contributed by atoms with van der Waals surface area (Å²) in [7, 11) is 0. The number of halogens is 1. The van der Waals surface area contributed by atoms with Gasteiger partial charge >= 0.3 is 0 Å². The molecule has 0 aliphatic carbocycles. The largest absolute Gasteiger partial charge is 0.351 e. The third-order valence-corrected chi connectivity index (χ3v) is 3.23. The second-order valence-electron chi connectivity index (χ2n) is 1.84. The Hall–Kier alpha value is 0.120. The van der Waals surface area contributed by atoms with Crippen LogP contribution in [0.1, 0.15) is 0 Å². The second-order valence-corrected chi connectivity index (χ2v) is 7.01. The third-order valence-electron chi connectivity index (χ3n) is 1.07. The SMILES string of the molecule is OP(=S)(Cl)c1ccccc1. The maximum absolute atomic E-state index is 9.18. The van der Waals surface area contributed by atoms with Gasteiger partial charge in [0.15, 0.2) is 5.62 Å². The Morgan fingerprint density at radius 1 is 1.30 bits per heavy atom. The molecule has 1 aromatic carbocycles. The summed E-state index contributed by atoms with van der Waals surface area (Å²) in [5, 5.41) is 0.645. The lowest BCUT2D eigenvalue weighted by atomic mass is 10.4. The molecule has 4 heteroatoms. The van der Waals surface area contributed by atoms with Crippen LogP contribution in [0.5, 0.6) is 0 Å². The van der Waals surface area contributed by atoms with Crippen molar-refractivity contribution in [2.75, 3.05) is 0 Å². The van der Waals surface area contributed by atoms with Gasteiger partial charge in [-0.15, -0.1) is 0 Å². The predicted octanol–water partition coefficient (Wildman–Crippen LogP) is 1.85. The molecule has 0 heterocycles. The maximum Gasteiger partial charge on any atom is 0.178 e. The monoisotopic (exact) mass is 192 g/mol. The molecule has 1 N–H and O–H groups in total. The molecule has 1 aromatic rings. The highest BCUT2D eigenvalue weighted by atomic mass is 35.7. The average molecular weight is 193 g/mol. The van der Waals surface area contributed by atoms with Crippen molar-refractivity contribution in [3.05, 3.63) is 30.3 Å². The Labute approximate surface area is 69.5 Å². The fourth-order valence-electron chi connectivity index (χ4n) is 0.612. The second kappa shape index (κ2) is 3.02. The van der Waals surface area contributed by atoms with Crippen LogP contribution in [0.25, 0.3) is 0 Å². The molecule has 0 aliphatic heterocycles. The molecule has 54 valence electrons. The van der Waals surface area contributed by atoms with Crippen molar-refractivity contribution >= 4 is 34.0 Å². The van der Waals surface area contributed by atoms with E-state index in [2.05, 4.69) is 11.8 Å². The first-order chi connectivity index (χ1) is 4.61. The van der Waals surface area contributed by atoms with E-state index < -0.39 is 5.62 Å². The third kappa shape index (κ3) is 2.06. The van der Waals surface area contributed by atoms with Gasteiger partial charge in [0.25, 0.3) is 0 Å². The molecule has 0 saturated heterocycles. The Morgan fingerprint density at radius 3 is 2.10 bits per heavy atom. The molecule has 1 unspecified atom stereocenters. The minimum Gasteiger partial charge on any atom is -0.351 e. The maximum atomic E-state index is 9.18. The van der Waals surface area contributed by atoms with Crippen molar-refractivity contribution in [3.63, 3.8) is 0 Å². The van der Waals surface area contributed by atoms with Gasteiger partial charge in [-0.2, -0.15) is 0 Å². The van der Waals surface area contributed by atoms with E-state index >= 15 is 0 Å². The molecular weight excluding hydrogens is 187 g/mol. The normalized spacial score (nSPS) is 16.2. The summed E-state index contributed by atoms with van der Waals surface area (Å²) in [4.78, 5) is 9.18. The lowest BCUT2D eigenvalue weighted by Gasteiger charge is -2.03. The summed E-state index contributed by atoms with van der Waals surface area (Å²) >= 11 is 10.2. The van der Waals surface area contributed by atoms with Gasteiger partial charge in [0.2, 0.25) is 0 Å². The van der Waals surface area contributed by atoms with Crippen LogP contribution < -0.4 is 5.30 Å². The summed E-state index contributed by atoms with van der Waals surface area (Å²) in [5.41, 5.74) is -2.71. The first-order valence-electron chi connectivity index (χ1n) is 2.69. The molecule has 10 heavy (non-hydrogen) atoms. The zero-order valence-corrected chi connectivity index (χ0v) is 7.53. The van der Waals surface area contributed by atoms with Gasteiger partial charge in [-0.1, -0.05) is 41.6 Å². The van der Waals surface area contributed by atoms with Crippen molar-refractivity contribution in [1.29, 1.82) is 0 Å². The molecule has 0 fully saturated rings. The van der Waals surface area contributed by atoms with Crippen LogP contribution in [-0.4, -0.2) is 4.89 Å². The Bertz CT molecular complexity index is 256. The van der Waals surface area contributed by atoms with Crippen LogP contribution in [0.15, 0.2) is 30.3 Å². The number of rotatable bonds is 1. The van der Waals surface area contributed by atoms with Crippen molar-refractivity contribution in [1.82, 2.24) is 0 Å². The minimum atomic E-state index is -2.71. The lowest BCUT2D eigenvalue weighted by Crippen LogP contribution is -1.96. The first kappa shape index (κ1) is 8.22. The molecule has 0 aromatic heterocycles. The summed E-state index contributed by atoms with van der Waals surface area (Å²) in [6.07, 6.45) is 0. The Kier molecular flexibility index (Phi) is 2.48. The Balaban J connectivity index is 3.09. The van der Waals surface area contributed by atoms with E-state index in [0.717, 1.165) is 0 Å². The number of hydrogen-bond acceptors (Lipinski definition) is 1. The van der Waals surface area contributed by atoms with Crippen LogP contribution in [0.3, 0.4) is 0 Å². The van der Waals surface area contributed by atoms with Gasteiger partial charge in [0.05, 0.1) is 0 Å². The van der Waals surface area contributed by atoms with Crippen LogP contribution in [0.4, 0.5) is 0 Å². The van der Waals surface area contributed by atoms with E-state index in [0.29, 0.717) is 5.30 Å². The topological polar surface area (TPSA) is 20.2 Å². The summed E-state index contributed by atoms with van der Waals surface area (Å²) in [6, 6.07) is 8.91. The molecule has 0 aliphatic rings. The summed E-state index contributed by atoms with van der Waals surface area (Å²) in [5.74, 6) is 0. The zero-order chi connectivity index (χ0) is 7.61. The van der Waals surface area contributed by atoms with Crippen molar-refractivity contribution in [2.24, 2.45) is 0 Å². The van der Waals surface area contributed by atoms with Crippen LogP contribution in [0, 0.1) is 0 Å². The van der Waals surface area contributed by atoms with Gasteiger partial charge in [0.1, 0.15) is 0 Å². The van der Waals surface area contributed by atoms with E-state index in [4.69, 9.17) is 11.2 Å². The highest BCUT2D eigenvalue weighted by Crippen LogP contribution is 2.44. The average Bonchev–Trinajstić information content (AvgIpc) is 1.88. The minimum absolute atomic E-state index is 0.645. The summed E-state index contributed by atoms with van der Waals surface area (Å²) < 4.78 is 0. The fourth-order valence-corrected chi connectivity index (χ4v) is 1.85. The molecule has 0 bridgehead atoms. The zero-order valence-electron chi connectivity index (χ0n) is 5.07. The van der Waals surface area contributed by atoms with Gasteiger partial charge in [0, 0.05) is 5.30 Å². The van der Waals surface area contributed by atoms with Crippen molar-refractivity contribution < 1.29 is 4.89 Å². The van der Waals surface area contributed by atoms with Gasteiger partial charge < -0.3 is 4.89 Å². The summed E-state index contributed by atoms with van der Waals surface area (Å²) in [6.45, 7) is 0. The molecular formula is C6H6ClOPS. The molecule has 0 saturated carbocycles. The molecule has 1 nitrogen and oxygen atoms in total. The standard InChI is InChI=1S/C6H6ClOPS/c7-9(8,10)6-4-2-1-3-5-6/h1-5H,(H,8,10). The van der Waals surface area contributed by atoms with E-state index in [1.807, 2.05) is 6.07 Å². The predicted molar refractivity (Wildman–Crippen MR) is 48.4 cm³/mol. The van der Waals surface area contributed by atoms with Gasteiger partial charge in [-0.25, -0.2) is 0 Å². The van der Waals surface area contributed by atoms with Gasteiger partial charge in [-0.05, 0) is 11.8 Å². The van der Waals surface area contributed by atoms with E-state index in [1.54, 1.807) is 24.3 Å². The fraction of sp³-hybridized carbons (Fsp3) is 0. The van der Waals surface area contributed by atoms with E-state index in [-0.39, 0.29) is 0 Å². The lowest BCUT2D eigenvalue weighted by molar-refractivity contribution is 0.647. The van der Waals surface area contributed by atoms with E-state index in [1.165, 1.54) is 0 Å². The highest BCUT2D eigenvalue weighted by Gasteiger charge is 2.09. The van der Waals surface area contributed by atoms with Crippen molar-refractivity contribution in [2.45, 2.75) is 0 Å². The molecule has 0 radical (unpaired) electrons. The van der Waals surface area contributed by atoms with Crippen LogP contribution in [-0.2, 0) is 11.8 Å². The highest BCUT2D eigenvalue weighted by molar-refractivity contribution is 8.27. The molecule has 0 amide bonds. The van der Waals surface area contributed by atoms with Crippen LogP contribution in [0.2, 0.25) is 0 Å². The Morgan fingerprint density at radius 2 is 1.80 bits per heavy atom. The quantitative estimate of drug-likeness (QED) is 0.686. The molecule has 0 spiro atoms. The first-order valence-corrected chi connectivity index (χ1v) is 6.35. The molecule has 1 rings (SSSR count). The van der Waals surface area contributed by atoms with Crippen molar-refractivity contribution in [3.8, 4) is 0 Å². The number of hydrogen-bond donors (Lipinski definition) is 1.